The monoisotopic (exact) mass is 228 g/mol. The molecule has 3 N–H and O–H groups in total. The first kappa shape index (κ1) is 11.7. The third-order valence-electron chi connectivity index (χ3n) is 3.02. The second-order valence-electron chi connectivity index (χ2n) is 4.38. The zero-order valence-electron chi connectivity index (χ0n) is 9.60. The van der Waals surface area contributed by atoms with Crippen molar-refractivity contribution < 1.29 is 4.79 Å². The Hall–Kier alpha value is -1.79. The molecule has 1 fully saturated rings. The van der Waals surface area contributed by atoms with Crippen LogP contribution in [0.5, 0.6) is 0 Å². The highest BCUT2D eigenvalue weighted by atomic mass is 16.2. The molecule has 0 aromatic heterocycles. The van der Waals surface area contributed by atoms with Crippen LogP contribution in [0.15, 0.2) is 30.3 Å². The van der Waals surface area contributed by atoms with E-state index in [2.05, 4.69) is 23.4 Å². The average molecular weight is 228 g/mol. The normalized spacial score (nSPS) is 23.5. The number of amides is 1. The van der Waals surface area contributed by atoms with E-state index in [0.29, 0.717) is 5.92 Å². The first-order valence-corrected chi connectivity index (χ1v) is 5.76. The van der Waals surface area contributed by atoms with E-state index in [1.807, 2.05) is 18.2 Å². The van der Waals surface area contributed by atoms with Crippen LogP contribution in [0.1, 0.15) is 24.3 Å². The van der Waals surface area contributed by atoms with Crippen LogP contribution >= 0.6 is 0 Å². The summed E-state index contributed by atoms with van der Waals surface area (Å²) >= 11 is 0. The van der Waals surface area contributed by atoms with Crippen LogP contribution in [-0.2, 0) is 4.79 Å². The van der Waals surface area contributed by atoms with Crippen molar-refractivity contribution in [3.05, 3.63) is 35.9 Å². The topological polar surface area (TPSA) is 55.1 Å². The molecule has 3 unspecified atom stereocenters. The minimum absolute atomic E-state index is 0.147. The predicted molar refractivity (Wildman–Crippen MR) is 67.2 cm³/mol. The number of terminal acetylenes is 1. The lowest BCUT2D eigenvalue weighted by Crippen LogP contribution is -2.41. The SMILES string of the molecule is C#CCC(N)C(=O)NC1CC1c1ccccc1. The number of nitrogens with two attached hydrogens (primary N) is 1. The first-order valence-electron chi connectivity index (χ1n) is 5.76. The number of carbonyl (C=O) groups excluding carboxylic acids is 1. The number of nitrogens with one attached hydrogen (secondary N) is 1. The molecule has 0 spiro atoms. The van der Waals surface area contributed by atoms with Gasteiger partial charge in [0, 0.05) is 18.4 Å². The van der Waals surface area contributed by atoms with Crippen molar-refractivity contribution in [3.8, 4) is 12.3 Å². The zero-order chi connectivity index (χ0) is 12.3. The molecule has 1 aliphatic rings. The molecule has 3 nitrogen and oxygen atoms in total. The van der Waals surface area contributed by atoms with Crippen LogP contribution in [0.3, 0.4) is 0 Å². The molecular formula is C14H16N2O. The molecular weight excluding hydrogens is 212 g/mol. The van der Waals surface area contributed by atoms with Gasteiger partial charge in [0.05, 0.1) is 6.04 Å². The molecule has 2 rings (SSSR count). The van der Waals surface area contributed by atoms with Crippen LogP contribution in [0.4, 0.5) is 0 Å². The fourth-order valence-electron chi connectivity index (χ4n) is 1.93. The molecule has 1 aromatic rings. The van der Waals surface area contributed by atoms with E-state index in [0.717, 1.165) is 6.42 Å². The lowest BCUT2D eigenvalue weighted by Gasteiger charge is -2.09. The Kier molecular flexibility index (Phi) is 3.46. The second kappa shape index (κ2) is 5.03. The average Bonchev–Trinajstić information content (AvgIpc) is 3.10. The molecule has 3 atom stereocenters. The number of carbonyl (C=O) groups is 1. The number of benzene rings is 1. The summed E-state index contributed by atoms with van der Waals surface area (Å²) in [6.45, 7) is 0. The van der Waals surface area contributed by atoms with Crippen molar-refractivity contribution in [1.29, 1.82) is 0 Å². The van der Waals surface area contributed by atoms with E-state index in [1.54, 1.807) is 0 Å². The van der Waals surface area contributed by atoms with Crippen molar-refractivity contribution in [2.75, 3.05) is 0 Å². The van der Waals surface area contributed by atoms with Gasteiger partial charge in [-0.15, -0.1) is 12.3 Å². The smallest absolute Gasteiger partial charge is 0.238 e. The van der Waals surface area contributed by atoms with Gasteiger partial charge in [0.25, 0.3) is 0 Å². The van der Waals surface area contributed by atoms with Gasteiger partial charge in [0.1, 0.15) is 0 Å². The fourth-order valence-corrected chi connectivity index (χ4v) is 1.93. The molecule has 88 valence electrons. The van der Waals surface area contributed by atoms with E-state index in [-0.39, 0.29) is 18.4 Å². The lowest BCUT2D eigenvalue weighted by molar-refractivity contribution is -0.122. The standard InChI is InChI=1S/C14H16N2O/c1-2-6-12(15)14(17)16-13-9-11(13)10-7-4-3-5-8-10/h1,3-5,7-8,11-13H,6,9,15H2,(H,16,17). The zero-order valence-corrected chi connectivity index (χ0v) is 9.60. The molecule has 0 saturated heterocycles. The Labute approximate surface area is 101 Å². The molecule has 1 aliphatic carbocycles. The molecule has 17 heavy (non-hydrogen) atoms. The van der Waals surface area contributed by atoms with Gasteiger partial charge < -0.3 is 11.1 Å². The van der Waals surface area contributed by atoms with Crippen LogP contribution < -0.4 is 11.1 Å². The highest BCUT2D eigenvalue weighted by molar-refractivity contribution is 5.82. The molecule has 0 bridgehead atoms. The summed E-state index contributed by atoms with van der Waals surface area (Å²) in [4.78, 5) is 11.6. The van der Waals surface area contributed by atoms with Gasteiger partial charge in [0.15, 0.2) is 0 Å². The largest absolute Gasteiger partial charge is 0.351 e. The van der Waals surface area contributed by atoms with Crippen molar-refractivity contribution in [2.24, 2.45) is 5.73 Å². The molecule has 1 aromatic carbocycles. The fraction of sp³-hybridized carbons (Fsp3) is 0.357. The summed E-state index contributed by atoms with van der Waals surface area (Å²) in [5.41, 5.74) is 6.90. The van der Waals surface area contributed by atoms with E-state index in [9.17, 15) is 4.79 Å². The van der Waals surface area contributed by atoms with Crippen molar-refractivity contribution in [3.63, 3.8) is 0 Å². The maximum absolute atomic E-state index is 11.6. The molecule has 0 radical (unpaired) electrons. The van der Waals surface area contributed by atoms with Crippen LogP contribution in [0, 0.1) is 12.3 Å². The van der Waals surface area contributed by atoms with Gasteiger partial charge in [-0.05, 0) is 12.0 Å². The van der Waals surface area contributed by atoms with Crippen LogP contribution in [-0.4, -0.2) is 18.0 Å². The Bertz CT molecular complexity index is 435. The van der Waals surface area contributed by atoms with Crippen molar-refractivity contribution in [1.82, 2.24) is 5.32 Å². The van der Waals surface area contributed by atoms with Crippen molar-refractivity contribution >= 4 is 5.91 Å². The predicted octanol–water partition coefficient (Wildman–Crippen LogP) is 1.01. The minimum Gasteiger partial charge on any atom is -0.351 e. The summed E-state index contributed by atoms with van der Waals surface area (Å²) in [6.07, 6.45) is 6.39. The second-order valence-corrected chi connectivity index (χ2v) is 4.38. The Morgan fingerprint density at radius 1 is 1.53 bits per heavy atom. The quantitative estimate of drug-likeness (QED) is 0.756. The van der Waals surface area contributed by atoms with E-state index in [4.69, 9.17) is 12.2 Å². The molecule has 0 aliphatic heterocycles. The molecule has 3 heteroatoms. The highest BCUT2D eigenvalue weighted by Crippen LogP contribution is 2.40. The van der Waals surface area contributed by atoms with E-state index in [1.165, 1.54) is 5.56 Å². The Morgan fingerprint density at radius 2 is 2.24 bits per heavy atom. The van der Waals surface area contributed by atoms with Gasteiger partial charge in [-0.2, -0.15) is 0 Å². The molecule has 1 saturated carbocycles. The minimum atomic E-state index is -0.586. The highest BCUT2D eigenvalue weighted by Gasteiger charge is 2.39. The van der Waals surface area contributed by atoms with Crippen LogP contribution in [0.25, 0.3) is 0 Å². The van der Waals surface area contributed by atoms with E-state index >= 15 is 0 Å². The Balaban J connectivity index is 1.85. The van der Waals surface area contributed by atoms with Gasteiger partial charge in [-0.3, -0.25) is 4.79 Å². The summed E-state index contributed by atoms with van der Waals surface area (Å²) in [6, 6.07) is 9.80. The first-order chi connectivity index (χ1) is 8.22. The maximum atomic E-state index is 11.6. The molecule has 0 heterocycles. The van der Waals surface area contributed by atoms with Gasteiger partial charge >= 0.3 is 0 Å². The summed E-state index contributed by atoms with van der Waals surface area (Å²) < 4.78 is 0. The maximum Gasteiger partial charge on any atom is 0.238 e. The number of rotatable bonds is 4. The van der Waals surface area contributed by atoms with Crippen molar-refractivity contribution in [2.45, 2.75) is 30.8 Å². The third-order valence-corrected chi connectivity index (χ3v) is 3.02. The van der Waals surface area contributed by atoms with Crippen LogP contribution in [0.2, 0.25) is 0 Å². The van der Waals surface area contributed by atoms with E-state index < -0.39 is 6.04 Å². The lowest BCUT2D eigenvalue weighted by atomic mass is 10.1. The van der Waals surface area contributed by atoms with Gasteiger partial charge in [0.2, 0.25) is 5.91 Å². The summed E-state index contributed by atoms with van der Waals surface area (Å²) in [5.74, 6) is 2.68. The summed E-state index contributed by atoms with van der Waals surface area (Å²) in [7, 11) is 0. The van der Waals surface area contributed by atoms with Gasteiger partial charge in [-0.25, -0.2) is 0 Å². The summed E-state index contributed by atoms with van der Waals surface area (Å²) in [5, 5.41) is 2.93. The number of hydrogen-bond donors (Lipinski definition) is 2. The third kappa shape index (κ3) is 2.86. The molecule has 1 amide bonds. The van der Waals surface area contributed by atoms with Gasteiger partial charge in [-0.1, -0.05) is 30.3 Å². The Morgan fingerprint density at radius 3 is 2.88 bits per heavy atom. The number of hydrogen-bond acceptors (Lipinski definition) is 2.